The van der Waals surface area contributed by atoms with Crippen molar-refractivity contribution in [3.8, 4) is 11.5 Å². The van der Waals surface area contributed by atoms with Gasteiger partial charge in [0.05, 0.1) is 44.9 Å². The molecule has 2 aromatic rings. The molecule has 0 aliphatic carbocycles. The summed E-state index contributed by atoms with van der Waals surface area (Å²) in [6, 6.07) is 2.01. The molecule has 128 valence electrons. The van der Waals surface area contributed by atoms with E-state index in [-0.39, 0.29) is 12.1 Å². The minimum Gasteiger partial charge on any atom is -0.493 e. The van der Waals surface area contributed by atoms with Crippen LogP contribution < -0.4 is 9.47 Å². The number of rotatable bonds is 4. The van der Waals surface area contributed by atoms with Crippen molar-refractivity contribution < 1.29 is 14.2 Å². The first-order chi connectivity index (χ1) is 11.8. The van der Waals surface area contributed by atoms with Gasteiger partial charge in [0.2, 0.25) is 0 Å². The Morgan fingerprint density at radius 1 is 1.33 bits per heavy atom. The highest BCUT2D eigenvalue weighted by Crippen LogP contribution is 2.33. The van der Waals surface area contributed by atoms with Crippen LogP contribution in [0.1, 0.15) is 23.9 Å². The molecular weight excluding hydrogens is 310 g/mol. The maximum atomic E-state index is 5.96. The predicted octanol–water partition coefficient (Wildman–Crippen LogP) is 1.04. The molecule has 2 aromatic heterocycles. The Hall–Kier alpha value is -2.19. The Kier molecular flexibility index (Phi) is 4.07. The van der Waals surface area contributed by atoms with E-state index in [0.717, 1.165) is 30.9 Å². The quantitative estimate of drug-likeness (QED) is 0.828. The molecule has 24 heavy (non-hydrogen) atoms. The van der Waals surface area contributed by atoms with Gasteiger partial charge in [0.1, 0.15) is 5.69 Å². The van der Waals surface area contributed by atoms with Crippen LogP contribution in [0.2, 0.25) is 0 Å². The largest absolute Gasteiger partial charge is 0.493 e. The van der Waals surface area contributed by atoms with Crippen LogP contribution in [0.4, 0.5) is 0 Å². The second-order valence-corrected chi connectivity index (χ2v) is 6.10. The summed E-state index contributed by atoms with van der Waals surface area (Å²) >= 11 is 0. The molecule has 2 aliphatic heterocycles. The SMILES string of the molecule is COc1ccnc(CN2CC[C@H]3OCc4cnnn4[C@@H]3C2)c1OC. The third-order valence-electron chi connectivity index (χ3n) is 4.75. The number of methoxy groups -OCH3 is 2. The number of pyridine rings is 1. The van der Waals surface area contributed by atoms with Gasteiger partial charge in [0.15, 0.2) is 11.5 Å². The summed E-state index contributed by atoms with van der Waals surface area (Å²) in [6.07, 6.45) is 4.71. The Morgan fingerprint density at radius 3 is 3.08 bits per heavy atom. The van der Waals surface area contributed by atoms with Crippen LogP contribution in [-0.2, 0) is 17.9 Å². The number of hydrogen-bond acceptors (Lipinski definition) is 7. The van der Waals surface area contributed by atoms with E-state index in [1.54, 1.807) is 26.6 Å². The fourth-order valence-electron chi connectivity index (χ4n) is 3.56. The lowest BCUT2D eigenvalue weighted by Crippen LogP contribution is -2.47. The number of likely N-dealkylation sites (tertiary alicyclic amines) is 1. The van der Waals surface area contributed by atoms with E-state index in [4.69, 9.17) is 14.2 Å². The maximum Gasteiger partial charge on any atom is 0.183 e. The van der Waals surface area contributed by atoms with Crippen molar-refractivity contribution in [3.05, 3.63) is 29.8 Å². The molecule has 0 bridgehead atoms. The minimum atomic E-state index is 0.196. The van der Waals surface area contributed by atoms with E-state index >= 15 is 0 Å². The van der Waals surface area contributed by atoms with E-state index in [0.29, 0.717) is 24.7 Å². The Balaban J connectivity index is 1.54. The van der Waals surface area contributed by atoms with Gasteiger partial charge >= 0.3 is 0 Å². The zero-order chi connectivity index (χ0) is 16.5. The van der Waals surface area contributed by atoms with Gasteiger partial charge in [0, 0.05) is 31.9 Å². The average Bonchev–Trinajstić information content (AvgIpc) is 3.10. The lowest BCUT2D eigenvalue weighted by Gasteiger charge is -2.40. The maximum absolute atomic E-state index is 5.96. The topological polar surface area (TPSA) is 74.5 Å². The number of ether oxygens (including phenoxy) is 3. The van der Waals surface area contributed by atoms with Crippen molar-refractivity contribution in [2.24, 2.45) is 0 Å². The lowest BCUT2D eigenvalue weighted by molar-refractivity contribution is -0.0672. The van der Waals surface area contributed by atoms with Crippen molar-refractivity contribution in [1.29, 1.82) is 0 Å². The Bertz CT molecular complexity index is 719. The van der Waals surface area contributed by atoms with Gasteiger partial charge < -0.3 is 14.2 Å². The zero-order valence-electron chi connectivity index (χ0n) is 13.9. The van der Waals surface area contributed by atoms with Crippen LogP contribution in [0.15, 0.2) is 18.5 Å². The highest BCUT2D eigenvalue weighted by Gasteiger charge is 2.36. The molecule has 0 N–H and O–H groups in total. The van der Waals surface area contributed by atoms with Crippen molar-refractivity contribution in [2.75, 3.05) is 27.3 Å². The lowest BCUT2D eigenvalue weighted by atomic mass is 10.00. The van der Waals surface area contributed by atoms with E-state index in [2.05, 4.69) is 20.2 Å². The molecule has 2 aliphatic rings. The first-order valence-corrected chi connectivity index (χ1v) is 8.09. The van der Waals surface area contributed by atoms with Gasteiger partial charge in [-0.1, -0.05) is 5.21 Å². The van der Waals surface area contributed by atoms with Crippen LogP contribution in [0, 0.1) is 0 Å². The smallest absolute Gasteiger partial charge is 0.183 e. The van der Waals surface area contributed by atoms with E-state index in [1.165, 1.54) is 0 Å². The summed E-state index contributed by atoms with van der Waals surface area (Å²) in [6.45, 7) is 3.10. The van der Waals surface area contributed by atoms with Gasteiger partial charge in [0.25, 0.3) is 0 Å². The highest BCUT2D eigenvalue weighted by atomic mass is 16.5. The third kappa shape index (κ3) is 2.61. The standard InChI is InChI=1S/C16H21N5O3/c1-22-15-3-5-17-12(16(15)23-2)8-20-6-4-14-13(9-20)21-11(10-24-14)7-18-19-21/h3,5,7,13-14H,4,6,8-10H2,1-2H3/t13-,14-/m1/s1. The second-order valence-electron chi connectivity index (χ2n) is 6.10. The van der Waals surface area contributed by atoms with Crippen LogP contribution in [0.25, 0.3) is 0 Å². The van der Waals surface area contributed by atoms with Crippen LogP contribution >= 0.6 is 0 Å². The molecule has 0 amide bonds. The van der Waals surface area contributed by atoms with Gasteiger partial charge in [-0.25, -0.2) is 4.68 Å². The van der Waals surface area contributed by atoms with Crippen LogP contribution in [0.3, 0.4) is 0 Å². The normalized spacial score (nSPS) is 23.4. The van der Waals surface area contributed by atoms with E-state index in [9.17, 15) is 0 Å². The molecule has 0 unspecified atom stereocenters. The van der Waals surface area contributed by atoms with Crippen molar-refractivity contribution in [2.45, 2.75) is 31.7 Å². The van der Waals surface area contributed by atoms with Gasteiger partial charge in [-0.05, 0) is 6.42 Å². The van der Waals surface area contributed by atoms with Crippen molar-refractivity contribution in [1.82, 2.24) is 24.9 Å². The Labute approximate surface area is 140 Å². The summed E-state index contributed by atoms with van der Waals surface area (Å²) in [4.78, 5) is 6.83. The summed E-state index contributed by atoms with van der Waals surface area (Å²) < 4.78 is 18.8. The van der Waals surface area contributed by atoms with Gasteiger partial charge in [-0.15, -0.1) is 5.10 Å². The van der Waals surface area contributed by atoms with E-state index in [1.807, 2.05) is 10.7 Å². The molecule has 8 heteroatoms. The third-order valence-corrected chi connectivity index (χ3v) is 4.75. The average molecular weight is 331 g/mol. The van der Waals surface area contributed by atoms with Crippen LogP contribution in [-0.4, -0.2) is 58.3 Å². The van der Waals surface area contributed by atoms with E-state index < -0.39 is 0 Å². The minimum absolute atomic E-state index is 0.196. The van der Waals surface area contributed by atoms with Gasteiger partial charge in [-0.2, -0.15) is 0 Å². The first kappa shape index (κ1) is 15.3. The summed E-state index contributed by atoms with van der Waals surface area (Å²) in [5.74, 6) is 1.40. The molecule has 0 radical (unpaired) electrons. The molecule has 8 nitrogen and oxygen atoms in total. The van der Waals surface area contributed by atoms with Crippen molar-refractivity contribution in [3.63, 3.8) is 0 Å². The molecule has 0 spiro atoms. The highest BCUT2D eigenvalue weighted by molar-refractivity contribution is 5.42. The monoisotopic (exact) mass is 331 g/mol. The zero-order valence-corrected chi connectivity index (χ0v) is 13.9. The summed E-state index contributed by atoms with van der Waals surface area (Å²) in [5, 5.41) is 8.26. The summed E-state index contributed by atoms with van der Waals surface area (Å²) in [7, 11) is 3.28. The fraction of sp³-hybridized carbons (Fsp3) is 0.562. The number of hydrogen-bond donors (Lipinski definition) is 0. The number of aromatic nitrogens is 4. The number of piperidine rings is 1. The van der Waals surface area contributed by atoms with Crippen LogP contribution in [0.5, 0.6) is 11.5 Å². The fourth-order valence-corrected chi connectivity index (χ4v) is 3.56. The summed E-state index contributed by atoms with van der Waals surface area (Å²) in [5.41, 5.74) is 1.92. The molecule has 1 fully saturated rings. The molecule has 1 saturated heterocycles. The molecule has 2 atom stereocenters. The molecule has 4 rings (SSSR count). The number of nitrogens with zero attached hydrogens (tertiary/aromatic N) is 5. The second kappa shape index (κ2) is 6.37. The molecule has 0 saturated carbocycles. The molecular formula is C16H21N5O3. The Morgan fingerprint density at radius 2 is 2.25 bits per heavy atom. The van der Waals surface area contributed by atoms with Crippen molar-refractivity contribution >= 4 is 0 Å². The number of fused-ring (bicyclic) bond motifs is 3. The molecule has 0 aromatic carbocycles. The molecule has 4 heterocycles. The predicted molar refractivity (Wildman–Crippen MR) is 84.9 cm³/mol. The first-order valence-electron chi connectivity index (χ1n) is 8.09. The van der Waals surface area contributed by atoms with Gasteiger partial charge in [-0.3, -0.25) is 9.88 Å².